The van der Waals surface area contributed by atoms with Crippen LogP contribution in [0, 0.1) is 0 Å². The largest absolute Gasteiger partial charge is 0.330 e. The molecular weight excluding hydrogens is 226 g/mol. The molecule has 1 aromatic carbocycles. The molecule has 4 nitrogen and oxygen atoms in total. The van der Waals surface area contributed by atoms with Crippen molar-refractivity contribution in [3.05, 3.63) is 29.3 Å². The lowest BCUT2D eigenvalue weighted by Gasteiger charge is -2.25. The van der Waals surface area contributed by atoms with Crippen molar-refractivity contribution in [3.8, 4) is 0 Å². The number of carbonyl (C=O) groups excluding carboxylic acids is 1. The van der Waals surface area contributed by atoms with Crippen LogP contribution in [0.3, 0.4) is 0 Å². The van der Waals surface area contributed by atoms with Gasteiger partial charge in [0, 0.05) is 11.7 Å². The van der Waals surface area contributed by atoms with Crippen LogP contribution in [0.25, 0.3) is 0 Å². The maximum atomic E-state index is 12.1. The Morgan fingerprint density at radius 1 is 1.33 bits per heavy atom. The van der Waals surface area contributed by atoms with Gasteiger partial charge in [0.1, 0.15) is 0 Å². The Morgan fingerprint density at radius 3 is 2.78 bits per heavy atom. The highest BCUT2D eigenvalue weighted by Crippen LogP contribution is 2.32. The van der Waals surface area contributed by atoms with Crippen molar-refractivity contribution in [3.63, 3.8) is 0 Å². The Morgan fingerprint density at radius 2 is 2.11 bits per heavy atom. The van der Waals surface area contributed by atoms with Gasteiger partial charge in [-0.15, -0.1) is 0 Å². The van der Waals surface area contributed by atoms with E-state index in [0.717, 1.165) is 24.1 Å². The van der Waals surface area contributed by atoms with E-state index in [1.54, 1.807) is 0 Å². The summed E-state index contributed by atoms with van der Waals surface area (Å²) in [4.78, 5) is 14.0. The number of fused-ring (bicyclic) bond motifs is 1. The van der Waals surface area contributed by atoms with Gasteiger partial charge < -0.3 is 16.4 Å². The van der Waals surface area contributed by atoms with Gasteiger partial charge in [-0.25, -0.2) is 0 Å². The fourth-order valence-electron chi connectivity index (χ4n) is 2.57. The van der Waals surface area contributed by atoms with Crippen LogP contribution in [0.2, 0.25) is 0 Å². The first-order valence-corrected chi connectivity index (χ1v) is 6.51. The zero-order valence-electron chi connectivity index (χ0n) is 10.9. The molecule has 18 heavy (non-hydrogen) atoms. The first-order valence-electron chi connectivity index (χ1n) is 6.51. The van der Waals surface area contributed by atoms with Crippen LogP contribution in [0.15, 0.2) is 18.2 Å². The zero-order chi connectivity index (χ0) is 13.1. The maximum absolute atomic E-state index is 12.1. The van der Waals surface area contributed by atoms with Gasteiger partial charge in [0.05, 0.1) is 6.42 Å². The van der Waals surface area contributed by atoms with Gasteiger partial charge >= 0.3 is 0 Å². The summed E-state index contributed by atoms with van der Waals surface area (Å²) < 4.78 is 0. The molecular formula is C14H21N3O. The number of hydrogen-bond donors (Lipinski definition) is 2. The Hall–Kier alpha value is -1.39. The monoisotopic (exact) mass is 247 g/mol. The van der Waals surface area contributed by atoms with E-state index in [1.165, 1.54) is 5.56 Å². The summed E-state index contributed by atoms with van der Waals surface area (Å²) >= 11 is 0. The molecule has 0 radical (unpaired) electrons. The Bertz CT molecular complexity index is 445. The van der Waals surface area contributed by atoms with Crippen LogP contribution in [0.5, 0.6) is 0 Å². The molecule has 0 fully saturated rings. The van der Waals surface area contributed by atoms with E-state index in [1.807, 2.05) is 17.9 Å². The van der Waals surface area contributed by atoms with E-state index in [9.17, 15) is 4.79 Å². The molecule has 0 bridgehead atoms. The maximum Gasteiger partial charge on any atom is 0.231 e. The van der Waals surface area contributed by atoms with Gasteiger partial charge in [-0.2, -0.15) is 0 Å². The highest BCUT2D eigenvalue weighted by molar-refractivity contribution is 6.01. The Balaban J connectivity index is 2.26. The van der Waals surface area contributed by atoms with Crippen LogP contribution < -0.4 is 16.4 Å². The van der Waals surface area contributed by atoms with Gasteiger partial charge in [-0.3, -0.25) is 4.79 Å². The number of carbonyl (C=O) groups is 1. The first-order chi connectivity index (χ1) is 8.67. The molecule has 1 atom stereocenters. The number of hydrogen-bond acceptors (Lipinski definition) is 3. The van der Waals surface area contributed by atoms with E-state index in [-0.39, 0.29) is 11.9 Å². The minimum atomic E-state index is 0.170. The van der Waals surface area contributed by atoms with Crippen LogP contribution in [-0.4, -0.2) is 25.0 Å². The normalized spacial score (nSPS) is 15.9. The third-order valence-corrected chi connectivity index (χ3v) is 3.47. The summed E-state index contributed by atoms with van der Waals surface area (Å²) in [6.07, 6.45) is 2.19. The van der Waals surface area contributed by atoms with E-state index in [0.29, 0.717) is 19.5 Å². The SMILES string of the molecule is CC(CCN)N1C(=O)Cc2cc(CCN)ccc21. The van der Waals surface area contributed by atoms with Crippen molar-refractivity contribution >= 4 is 11.6 Å². The molecule has 0 aromatic heterocycles. The topological polar surface area (TPSA) is 72.3 Å². The van der Waals surface area contributed by atoms with Crippen LogP contribution in [0.4, 0.5) is 5.69 Å². The molecule has 0 spiro atoms. The van der Waals surface area contributed by atoms with Crippen molar-refractivity contribution in [2.24, 2.45) is 11.5 Å². The van der Waals surface area contributed by atoms with E-state index < -0.39 is 0 Å². The summed E-state index contributed by atoms with van der Waals surface area (Å²) in [6, 6.07) is 6.38. The van der Waals surface area contributed by atoms with Gasteiger partial charge in [0.25, 0.3) is 0 Å². The van der Waals surface area contributed by atoms with E-state index in [4.69, 9.17) is 11.5 Å². The quantitative estimate of drug-likeness (QED) is 0.809. The summed E-state index contributed by atoms with van der Waals surface area (Å²) in [6.45, 7) is 3.29. The van der Waals surface area contributed by atoms with Gasteiger partial charge in [0.2, 0.25) is 5.91 Å². The molecule has 98 valence electrons. The minimum absolute atomic E-state index is 0.170. The molecule has 4 heteroatoms. The molecule has 4 N–H and O–H groups in total. The summed E-state index contributed by atoms with van der Waals surface area (Å²) in [7, 11) is 0. The van der Waals surface area contributed by atoms with Crippen molar-refractivity contribution in [1.82, 2.24) is 0 Å². The Kier molecular flexibility index (Phi) is 3.99. The highest BCUT2D eigenvalue weighted by atomic mass is 16.2. The van der Waals surface area contributed by atoms with E-state index >= 15 is 0 Å². The minimum Gasteiger partial charge on any atom is -0.330 e. The van der Waals surface area contributed by atoms with E-state index in [2.05, 4.69) is 12.1 Å². The molecule has 0 saturated heterocycles. The molecule has 1 aromatic rings. The number of rotatable bonds is 5. The van der Waals surface area contributed by atoms with Gasteiger partial charge in [-0.1, -0.05) is 12.1 Å². The molecule has 0 saturated carbocycles. The summed E-state index contributed by atoms with van der Waals surface area (Å²) in [5, 5.41) is 0. The number of nitrogens with two attached hydrogens (primary N) is 2. The molecule has 2 rings (SSSR count). The molecule has 1 amide bonds. The summed E-state index contributed by atoms with van der Waals surface area (Å²) in [5.41, 5.74) is 14.5. The predicted molar refractivity (Wildman–Crippen MR) is 73.5 cm³/mol. The highest BCUT2D eigenvalue weighted by Gasteiger charge is 2.30. The third-order valence-electron chi connectivity index (χ3n) is 3.47. The summed E-state index contributed by atoms with van der Waals surface area (Å²) in [5.74, 6) is 0.177. The Labute approximate surface area is 108 Å². The van der Waals surface area contributed by atoms with Crippen molar-refractivity contribution < 1.29 is 4.79 Å². The smallest absolute Gasteiger partial charge is 0.231 e. The predicted octanol–water partition coefficient (Wildman–Crippen LogP) is 0.814. The molecule has 1 heterocycles. The number of nitrogens with zero attached hydrogens (tertiary/aromatic N) is 1. The second-order valence-corrected chi connectivity index (χ2v) is 4.87. The average Bonchev–Trinajstić information content (AvgIpc) is 2.65. The first kappa shape index (κ1) is 13.1. The molecule has 1 aliphatic heterocycles. The lowest BCUT2D eigenvalue weighted by Crippen LogP contribution is -2.37. The lowest BCUT2D eigenvalue weighted by molar-refractivity contribution is -0.117. The fraction of sp³-hybridized carbons (Fsp3) is 0.500. The van der Waals surface area contributed by atoms with Crippen molar-refractivity contribution in [2.75, 3.05) is 18.0 Å². The van der Waals surface area contributed by atoms with Gasteiger partial charge in [0.15, 0.2) is 0 Å². The lowest BCUT2D eigenvalue weighted by atomic mass is 10.1. The van der Waals surface area contributed by atoms with Crippen LogP contribution in [0.1, 0.15) is 24.5 Å². The third kappa shape index (κ3) is 2.40. The number of amides is 1. The van der Waals surface area contributed by atoms with Crippen LogP contribution >= 0.6 is 0 Å². The standard InChI is InChI=1S/C14H21N3O/c1-10(4-6-15)17-13-3-2-11(5-7-16)8-12(13)9-14(17)18/h2-3,8,10H,4-7,9,15-16H2,1H3. The molecule has 1 aliphatic rings. The van der Waals surface area contributed by atoms with Gasteiger partial charge in [-0.05, 0) is 50.0 Å². The molecule has 1 unspecified atom stereocenters. The zero-order valence-corrected chi connectivity index (χ0v) is 10.9. The second kappa shape index (κ2) is 5.50. The average molecular weight is 247 g/mol. The van der Waals surface area contributed by atoms with Crippen molar-refractivity contribution in [2.45, 2.75) is 32.2 Å². The molecule has 0 aliphatic carbocycles. The second-order valence-electron chi connectivity index (χ2n) is 4.87. The number of benzene rings is 1. The van der Waals surface area contributed by atoms with Crippen molar-refractivity contribution in [1.29, 1.82) is 0 Å². The fourth-order valence-corrected chi connectivity index (χ4v) is 2.57. The van der Waals surface area contributed by atoms with Crippen LogP contribution in [-0.2, 0) is 17.6 Å². The number of anilines is 1.